The van der Waals surface area contributed by atoms with Gasteiger partial charge in [0.1, 0.15) is 0 Å². The molecule has 0 aromatic heterocycles. The van der Waals surface area contributed by atoms with E-state index in [1.54, 1.807) is 0 Å². The highest BCUT2D eigenvalue weighted by Gasteiger charge is 2.13. The number of nitrogens with one attached hydrogen (secondary N) is 1. The van der Waals surface area contributed by atoms with Crippen LogP contribution in [0.15, 0.2) is 18.2 Å². The van der Waals surface area contributed by atoms with Gasteiger partial charge in [0.25, 0.3) is 5.91 Å². The lowest BCUT2D eigenvalue weighted by molar-refractivity contribution is 0.0938. The summed E-state index contributed by atoms with van der Waals surface area (Å²) in [5.41, 5.74) is 1.93. The van der Waals surface area contributed by atoms with Gasteiger partial charge >= 0.3 is 0 Å². The van der Waals surface area contributed by atoms with Crippen molar-refractivity contribution in [2.45, 2.75) is 33.2 Å². The molecule has 1 aromatic rings. The Balaban J connectivity index is 2.57. The molecule has 18 heavy (non-hydrogen) atoms. The lowest BCUT2D eigenvalue weighted by Gasteiger charge is -2.14. The topological polar surface area (TPSA) is 29.1 Å². The first-order valence-corrected chi connectivity index (χ1v) is 8.43. The van der Waals surface area contributed by atoms with E-state index < -0.39 is 0 Å². The highest BCUT2D eigenvalue weighted by atomic mass is 127. The second-order valence-corrected chi connectivity index (χ2v) is 6.77. The minimum Gasteiger partial charge on any atom is -0.350 e. The Labute approximate surface area is 127 Å². The Morgan fingerprint density at radius 3 is 2.89 bits per heavy atom. The van der Waals surface area contributed by atoms with Crippen LogP contribution in [0.3, 0.4) is 0 Å². The van der Waals surface area contributed by atoms with Crippen LogP contribution in [0.4, 0.5) is 0 Å². The van der Waals surface area contributed by atoms with Crippen molar-refractivity contribution >= 4 is 40.3 Å². The van der Waals surface area contributed by atoms with Crippen molar-refractivity contribution in [1.82, 2.24) is 5.32 Å². The number of rotatable bonds is 6. The molecule has 0 saturated carbocycles. The first kappa shape index (κ1) is 15.8. The van der Waals surface area contributed by atoms with Crippen molar-refractivity contribution in [3.05, 3.63) is 32.9 Å². The second-order valence-electron chi connectivity index (χ2n) is 4.30. The number of carbonyl (C=O) groups excluding carboxylic acids is 1. The third-order valence-electron chi connectivity index (χ3n) is 2.71. The molecule has 1 atom stereocenters. The average molecular weight is 377 g/mol. The van der Waals surface area contributed by atoms with Gasteiger partial charge in [-0.2, -0.15) is 11.8 Å². The van der Waals surface area contributed by atoms with Gasteiger partial charge in [0.05, 0.1) is 5.56 Å². The van der Waals surface area contributed by atoms with Crippen LogP contribution in [0, 0.1) is 10.5 Å². The molecule has 0 spiro atoms. The van der Waals surface area contributed by atoms with Gasteiger partial charge in [-0.15, -0.1) is 0 Å². The summed E-state index contributed by atoms with van der Waals surface area (Å²) >= 11 is 4.15. The first-order valence-electron chi connectivity index (χ1n) is 6.20. The molecule has 1 amide bonds. The predicted octanol–water partition coefficient (Wildman–Crippen LogP) is 3.86. The molecule has 0 aliphatic carbocycles. The molecule has 1 rings (SSSR count). The number of thioether (sulfide) groups is 1. The molecular weight excluding hydrogens is 357 g/mol. The standard InChI is InChI=1S/C14H20INOS/c1-4-18-9-8-11(3)16-14(17)12-7-5-6-10(2)13(12)15/h5-7,11H,4,8-9H2,1-3H3,(H,16,17). The van der Waals surface area contributed by atoms with Crippen molar-refractivity contribution in [1.29, 1.82) is 0 Å². The summed E-state index contributed by atoms with van der Waals surface area (Å²) < 4.78 is 1.04. The molecule has 1 N–H and O–H groups in total. The Kier molecular flexibility index (Phi) is 7.07. The summed E-state index contributed by atoms with van der Waals surface area (Å²) in [6, 6.07) is 6.08. The molecule has 1 aromatic carbocycles. The molecule has 0 heterocycles. The smallest absolute Gasteiger partial charge is 0.252 e. The Morgan fingerprint density at radius 2 is 2.22 bits per heavy atom. The number of hydrogen-bond donors (Lipinski definition) is 1. The highest BCUT2D eigenvalue weighted by Crippen LogP contribution is 2.16. The van der Waals surface area contributed by atoms with Gasteiger partial charge in [-0.05, 0) is 66.0 Å². The SMILES string of the molecule is CCSCCC(C)NC(=O)c1cccc(C)c1I. The van der Waals surface area contributed by atoms with Crippen molar-refractivity contribution in [3.8, 4) is 0 Å². The quantitative estimate of drug-likeness (QED) is 0.603. The van der Waals surface area contributed by atoms with Crippen LogP contribution in [0.25, 0.3) is 0 Å². The van der Waals surface area contributed by atoms with E-state index in [0.717, 1.165) is 32.6 Å². The van der Waals surface area contributed by atoms with E-state index in [9.17, 15) is 4.79 Å². The normalized spacial score (nSPS) is 12.2. The third-order valence-corrected chi connectivity index (χ3v) is 5.08. The molecular formula is C14H20INOS. The van der Waals surface area contributed by atoms with Gasteiger partial charge in [0, 0.05) is 9.61 Å². The Hall–Kier alpha value is -0.230. The van der Waals surface area contributed by atoms with Gasteiger partial charge in [0.2, 0.25) is 0 Å². The van der Waals surface area contributed by atoms with Crippen molar-refractivity contribution < 1.29 is 4.79 Å². The van der Waals surface area contributed by atoms with E-state index >= 15 is 0 Å². The van der Waals surface area contributed by atoms with Gasteiger partial charge in [-0.25, -0.2) is 0 Å². The average Bonchev–Trinajstić information content (AvgIpc) is 2.32. The number of amides is 1. The molecule has 0 aliphatic heterocycles. The molecule has 2 nitrogen and oxygen atoms in total. The fourth-order valence-electron chi connectivity index (χ4n) is 1.60. The maximum Gasteiger partial charge on any atom is 0.252 e. The van der Waals surface area contributed by atoms with E-state index in [-0.39, 0.29) is 11.9 Å². The maximum absolute atomic E-state index is 12.1. The molecule has 0 aliphatic rings. The lowest BCUT2D eigenvalue weighted by atomic mass is 10.1. The fourth-order valence-corrected chi connectivity index (χ4v) is 3.01. The molecule has 1 unspecified atom stereocenters. The van der Waals surface area contributed by atoms with Gasteiger partial charge < -0.3 is 5.32 Å². The number of hydrogen-bond acceptors (Lipinski definition) is 2. The number of benzene rings is 1. The zero-order valence-electron chi connectivity index (χ0n) is 11.1. The first-order chi connectivity index (χ1) is 8.56. The zero-order valence-corrected chi connectivity index (χ0v) is 14.1. The van der Waals surface area contributed by atoms with Crippen LogP contribution in [0.1, 0.15) is 36.2 Å². The molecule has 0 bridgehead atoms. The lowest BCUT2D eigenvalue weighted by Crippen LogP contribution is -2.33. The third kappa shape index (κ3) is 4.80. The molecule has 0 fully saturated rings. The second kappa shape index (κ2) is 8.04. The zero-order chi connectivity index (χ0) is 13.5. The van der Waals surface area contributed by atoms with Crippen molar-refractivity contribution in [3.63, 3.8) is 0 Å². The summed E-state index contributed by atoms with van der Waals surface area (Å²) in [4.78, 5) is 12.1. The van der Waals surface area contributed by atoms with Crippen LogP contribution in [-0.4, -0.2) is 23.5 Å². The summed E-state index contributed by atoms with van der Waals surface area (Å²) in [5, 5.41) is 3.07. The number of aryl methyl sites for hydroxylation is 1. The van der Waals surface area contributed by atoms with Gasteiger partial charge in [-0.3, -0.25) is 4.79 Å². The summed E-state index contributed by atoms with van der Waals surface area (Å²) in [5.74, 6) is 2.27. The number of halogens is 1. The van der Waals surface area contributed by atoms with E-state index in [0.29, 0.717) is 0 Å². The molecule has 4 heteroatoms. The Morgan fingerprint density at radius 1 is 1.50 bits per heavy atom. The summed E-state index contributed by atoms with van der Waals surface area (Å²) in [6.07, 6.45) is 1.02. The fraction of sp³-hybridized carbons (Fsp3) is 0.500. The van der Waals surface area contributed by atoms with Crippen LogP contribution in [-0.2, 0) is 0 Å². The van der Waals surface area contributed by atoms with Crippen molar-refractivity contribution in [2.75, 3.05) is 11.5 Å². The van der Waals surface area contributed by atoms with Crippen molar-refractivity contribution in [2.24, 2.45) is 0 Å². The summed E-state index contributed by atoms with van der Waals surface area (Å²) in [6.45, 7) is 6.25. The Bertz CT molecular complexity index is 409. The van der Waals surface area contributed by atoms with E-state index in [1.165, 1.54) is 0 Å². The molecule has 0 radical (unpaired) electrons. The van der Waals surface area contributed by atoms with E-state index in [4.69, 9.17) is 0 Å². The largest absolute Gasteiger partial charge is 0.350 e. The van der Waals surface area contributed by atoms with Gasteiger partial charge in [-0.1, -0.05) is 19.1 Å². The number of carbonyl (C=O) groups is 1. The predicted molar refractivity (Wildman–Crippen MR) is 88.4 cm³/mol. The molecule has 0 saturated heterocycles. The van der Waals surface area contributed by atoms with Gasteiger partial charge in [0.15, 0.2) is 0 Å². The molecule has 100 valence electrons. The monoisotopic (exact) mass is 377 g/mol. The van der Waals surface area contributed by atoms with E-state index in [2.05, 4.69) is 41.8 Å². The van der Waals surface area contributed by atoms with Crippen LogP contribution >= 0.6 is 34.4 Å². The maximum atomic E-state index is 12.1. The van der Waals surface area contributed by atoms with Crippen LogP contribution in [0.5, 0.6) is 0 Å². The van der Waals surface area contributed by atoms with Crippen LogP contribution < -0.4 is 5.32 Å². The van der Waals surface area contributed by atoms with Crippen LogP contribution in [0.2, 0.25) is 0 Å². The summed E-state index contributed by atoms with van der Waals surface area (Å²) in [7, 11) is 0. The van der Waals surface area contributed by atoms with E-state index in [1.807, 2.05) is 36.9 Å². The minimum absolute atomic E-state index is 0.0390. The minimum atomic E-state index is 0.0390. The highest BCUT2D eigenvalue weighted by molar-refractivity contribution is 14.1.